The number of nitriles is 1. The fourth-order valence-corrected chi connectivity index (χ4v) is 6.62. The lowest BCUT2D eigenvalue weighted by Gasteiger charge is -2.55. The molecule has 1 aromatic rings. The van der Waals surface area contributed by atoms with Crippen LogP contribution < -0.4 is 16.4 Å². The molecule has 4 rings (SSSR count). The monoisotopic (exact) mass is 360 g/mol. The van der Waals surface area contributed by atoms with Gasteiger partial charge in [0.25, 0.3) is 0 Å². The van der Waals surface area contributed by atoms with E-state index in [1.807, 2.05) is 17.5 Å². The standard InChI is InChI=1S/C16H16N4O2S2/c17-6-8-11(10-2-1-4-24-10)9-7-23-5-3-16(9)12(13(8)18)14(21)19-15(22)20-16/h1-2,4,9,11-12H,3,5,7,18H2,(H2,19,20,21,22)/t9-,11+,12-,16-/m0/s1. The predicted octanol–water partition coefficient (Wildman–Crippen LogP) is 1.53. The minimum atomic E-state index is -0.705. The quantitative estimate of drug-likeness (QED) is 0.704. The molecule has 1 spiro atoms. The second-order valence-corrected chi connectivity index (χ2v) is 8.45. The zero-order chi connectivity index (χ0) is 16.9. The van der Waals surface area contributed by atoms with Crippen LogP contribution in [0, 0.1) is 23.2 Å². The van der Waals surface area contributed by atoms with Crippen LogP contribution in [0.4, 0.5) is 4.79 Å². The normalized spacial score (nSPS) is 35.4. The fourth-order valence-electron chi connectivity index (χ4n) is 4.32. The predicted molar refractivity (Wildman–Crippen MR) is 92.2 cm³/mol. The van der Waals surface area contributed by atoms with Crippen molar-refractivity contribution in [2.45, 2.75) is 17.9 Å². The Morgan fingerprint density at radius 2 is 2.25 bits per heavy atom. The SMILES string of the molecule is N#CC1=C(N)[C@H]2C(=O)NC(=O)N[C@]23CCSC[C@H]3[C@@H]1c1cccs1. The average molecular weight is 360 g/mol. The van der Waals surface area contributed by atoms with Crippen LogP contribution in [0.5, 0.6) is 0 Å². The van der Waals surface area contributed by atoms with Crippen LogP contribution in [-0.4, -0.2) is 29.0 Å². The maximum absolute atomic E-state index is 12.6. The number of carbonyl (C=O) groups is 2. The summed E-state index contributed by atoms with van der Waals surface area (Å²) in [4.78, 5) is 25.7. The van der Waals surface area contributed by atoms with Crippen molar-refractivity contribution in [1.29, 1.82) is 5.26 Å². The Morgan fingerprint density at radius 3 is 2.96 bits per heavy atom. The Morgan fingerprint density at radius 1 is 1.42 bits per heavy atom. The number of hydrogen-bond donors (Lipinski definition) is 3. The maximum atomic E-state index is 12.6. The summed E-state index contributed by atoms with van der Waals surface area (Å²) in [5.74, 6) is 0.359. The maximum Gasteiger partial charge on any atom is 0.321 e. The van der Waals surface area contributed by atoms with Gasteiger partial charge < -0.3 is 11.1 Å². The first-order valence-corrected chi connectivity index (χ1v) is 9.75. The van der Waals surface area contributed by atoms with Crippen molar-refractivity contribution in [2.24, 2.45) is 17.6 Å². The van der Waals surface area contributed by atoms with E-state index < -0.39 is 23.4 Å². The van der Waals surface area contributed by atoms with Crippen LogP contribution in [0.2, 0.25) is 0 Å². The molecule has 0 aromatic carbocycles. The van der Waals surface area contributed by atoms with Crippen LogP contribution in [0.15, 0.2) is 28.8 Å². The summed E-state index contributed by atoms with van der Waals surface area (Å²) >= 11 is 3.38. The minimum Gasteiger partial charge on any atom is -0.400 e. The van der Waals surface area contributed by atoms with Gasteiger partial charge in [-0.1, -0.05) is 6.07 Å². The van der Waals surface area contributed by atoms with Gasteiger partial charge in [0.15, 0.2) is 0 Å². The number of thioether (sulfide) groups is 1. The lowest BCUT2D eigenvalue weighted by atomic mass is 9.59. The number of imide groups is 1. The smallest absolute Gasteiger partial charge is 0.321 e. The average Bonchev–Trinajstić information content (AvgIpc) is 3.06. The molecule has 6 nitrogen and oxygen atoms in total. The van der Waals surface area contributed by atoms with Crippen LogP contribution in [0.25, 0.3) is 0 Å². The van der Waals surface area contributed by atoms with E-state index in [2.05, 4.69) is 16.7 Å². The van der Waals surface area contributed by atoms with E-state index in [0.29, 0.717) is 17.7 Å². The van der Waals surface area contributed by atoms with Crippen LogP contribution in [0.3, 0.4) is 0 Å². The molecule has 0 saturated carbocycles. The number of nitrogens with one attached hydrogen (secondary N) is 2. The highest BCUT2D eigenvalue weighted by Gasteiger charge is 2.61. The molecule has 24 heavy (non-hydrogen) atoms. The van der Waals surface area contributed by atoms with Crippen LogP contribution in [0.1, 0.15) is 17.2 Å². The number of nitrogens with two attached hydrogens (primary N) is 1. The van der Waals surface area contributed by atoms with Gasteiger partial charge in [-0.3, -0.25) is 10.1 Å². The van der Waals surface area contributed by atoms with Gasteiger partial charge in [0.1, 0.15) is 5.92 Å². The molecule has 1 aliphatic carbocycles. The number of thiophene rings is 1. The number of hydrogen-bond acceptors (Lipinski definition) is 6. The van der Waals surface area contributed by atoms with Gasteiger partial charge in [-0.15, -0.1) is 11.3 Å². The second-order valence-electron chi connectivity index (χ2n) is 6.32. The van der Waals surface area contributed by atoms with Crippen LogP contribution in [-0.2, 0) is 4.79 Å². The largest absolute Gasteiger partial charge is 0.400 e. The highest BCUT2D eigenvalue weighted by Crippen LogP contribution is 2.54. The zero-order valence-corrected chi connectivity index (χ0v) is 14.4. The first kappa shape index (κ1) is 15.5. The van der Waals surface area contributed by atoms with Crippen molar-refractivity contribution in [2.75, 3.05) is 11.5 Å². The van der Waals surface area contributed by atoms with Crippen molar-refractivity contribution >= 4 is 35.0 Å². The summed E-state index contributed by atoms with van der Waals surface area (Å²) < 4.78 is 0. The summed E-state index contributed by atoms with van der Waals surface area (Å²) in [6.07, 6.45) is 0.674. The molecule has 1 aromatic heterocycles. The van der Waals surface area contributed by atoms with Gasteiger partial charge in [-0.2, -0.15) is 17.0 Å². The lowest BCUT2D eigenvalue weighted by Crippen LogP contribution is -2.73. The van der Waals surface area contributed by atoms with E-state index >= 15 is 0 Å². The molecule has 3 amide bonds. The molecular weight excluding hydrogens is 344 g/mol. The Kier molecular flexibility index (Phi) is 3.58. The first-order chi connectivity index (χ1) is 11.6. The summed E-state index contributed by atoms with van der Waals surface area (Å²) in [5, 5.41) is 17.1. The number of allylic oxidation sites excluding steroid dienone is 1. The van der Waals surface area contributed by atoms with E-state index in [-0.39, 0.29) is 11.8 Å². The van der Waals surface area contributed by atoms with Gasteiger partial charge in [0, 0.05) is 22.4 Å². The Balaban J connectivity index is 1.95. The van der Waals surface area contributed by atoms with Gasteiger partial charge in [-0.05, 0) is 29.4 Å². The molecule has 124 valence electrons. The third kappa shape index (κ3) is 2.01. The number of rotatable bonds is 1. The number of nitrogens with zero attached hydrogens (tertiary/aromatic N) is 1. The molecule has 2 saturated heterocycles. The third-order valence-corrected chi connectivity index (χ3v) is 7.33. The van der Waals surface area contributed by atoms with Crippen LogP contribution >= 0.6 is 23.1 Å². The topological polar surface area (TPSA) is 108 Å². The van der Waals surface area contributed by atoms with Crippen molar-refractivity contribution < 1.29 is 9.59 Å². The summed E-state index contributed by atoms with van der Waals surface area (Å²) in [7, 11) is 0. The Labute approximate surface area is 147 Å². The molecular formula is C16H16N4O2S2. The number of carbonyl (C=O) groups excluding carboxylic acids is 2. The van der Waals surface area contributed by atoms with E-state index in [0.717, 1.165) is 16.4 Å². The Bertz CT molecular complexity index is 782. The molecule has 2 fully saturated rings. The van der Waals surface area contributed by atoms with Crippen molar-refractivity contribution in [3.8, 4) is 6.07 Å². The van der Waals surface area contributed by atoms with E-state index in [9.17, 15) is 14.9 Å². The molecule has 4 atom stereocenters. The summed E-state index contributed by atoms with van der Waals surface area (Å²) in [6.45, 7) is 0. The second kappa shape index (κ2) is 5.53. The van der Waals surface area contributed by atoms with E-state index in [4.69, 9.17) is 5.73 Å². The molecule has 0 unspecified atom stereocenters. The summed E-state index contributed by atoms with van der Waals surface area (Å²) in [6, 6.07) is 5.73. The summed E-state index contributed by atoms with van der Waals surface area (Å²) in [5.41, 5.74) is 6.39. The van der Waals surface area contributed by atoms with Crippen molar-refractivity contribution in [3.63, 3.8) is 0 Å². The Hall–Kier alpha value is -1.98. The molecule has 4 N–H and O–H groups in total. The first-order valence-electron chi connectivity index (χ1n) is 7.72. The lowest BCUT2D eigenvalue weighted by molar-refractivity contribution is -0.128. The van der Waals surface area contributed by atoms with Gasteiger partial charge >= 0.3 is 6.03 Å². The van der Waals surface area contributed by atoms with E-state index in [1.165, 1.54) is 0 Å². The zero-order valence-electron chi connectivity index (χ0n) is 12.7. The molecule has 3 aliphatic rings. The fraction of sp³-hybridized carbons (Fsp3) is 0.438. The molecule has 2 aliphatic heterocycles. The van der Waals surface area contributed by atoms with Gasteiger partial charge in [0.05, 0.1) is 17.2 Å². The minimum absolute atomic E-state index is 0.0307. The number of amides is 3. The van der Waals surface area contributed by atoms with Gasteiger partial charge in [0.2, 0.25) is 5.91 Å². The highest BCUT2D eigenvalue weighted by atomic mass is 32.2. The molecule has 0 radical (unpaired) electrons. The van der Waals surface area contributed by atoms with Crippen molar-refractivity contribution in [3.05, 3.63) is 33.7 Å². The molecule has 0 bridgehead atoms. The van der Waals surface area contributed by atoms with Gasteiger partial charge in [-0.25, -0.2) is 4.79 Å². The van der Waals surface area contributed by atoms with E-state index in [1.54, 1.807) is 23.1 Å². The number of urea groups is 1. The third-order valence-electron chi connectivity index (χ3n) is 5.28. The molecule has 8 heteroatoms. The van der Waals surface area contributed by atoms with Crippen molar-refractivity contribution in [1.82, 2.24) is 10.6 Å². The highest BCUT2D eigenvalue weighted by molar-refractivity contribution is 7.99. The molecule has 3 heterocycles.